The van der Waals surface area contributed by atoms with Crippen LogP contribution < -0.4 is 14.8 Å². The highest BCUT2D eigenvalue weighted by atomic mass is 16.7. The van der Waals surface area contributed by atoms with Gasteiger partial charge in [0.15, 0.2) is 11.5 Å². The number of anilines is 1. The first-order valence-corrected chi connectivity index (χ1v) is 10.8. The number of carbonyl (C=O) groups excluding carboxylic acids is 2. The number of nitrogens with one attached hydrogen (secondary N) is 1. The number of amides is 2. The summed E-state index contributed by atoms with van der Waals surface area (Å²) in [4.78, 5) is 28.4. The molecule has 5 rings (SSSR count). The van der Waals surface area contributed by atoms with Crippen LogP contribution in [0, 0.1) is 20.8 Å². The lowest BCUT2D eigenvalue weighted by molar-refractivity contribution is -0.137. The molecular formula is C27H24N2O4. The molecule has 1 N–H and O–H groups in total. The maximum absolute atomic E-state index is 13.6. The Bertz CT molecular complexity index is 1330. The minimum atomic E-state index is -0.353. The predicted molar refractivity (Wildman–Crippen MR) is 126 cm³/mol. The van der Waals surface area contributed by atoms with Crippen LogP contribution in [0.2, 0.25) is 0 Å². The van der Waals surface area contributed by atoms with Gasteiger partial charge in [0, 0.05) is 5.69 Å². The van der Waals surface area contributed by atoms with E-state index in [1.807, 2.05) is 75.4 Å². The molecule has 33 heavy (non-hydrogen) atoms. The Morgan fingerprint density at radius 3 is 2.39 bits per heavy atom. The normalized spacial score (nSPS) is 14.9. The van der Waals surface area contributed by atoms with Crippen LogP contribution in [0.15, 0.2) is 66.4 Å². The molecule has 0 fully saturated rings. The van der Waals surface area contributed by atoms with Crippen molar-refractivity contribution in [3.05, 3.63) is 94.2 Å². The van der Waals surface area contributed by atoms with Crippen molar-refractivity contribution in [2.45, 2.75) is 27.3 Å². The number of nitrogens with zero attached hydrogens (tertiary/aromatic N) is 1. The Balaban J connectivity index is 1.54. The Morgan fingerprint density at radius 1 is 0.818 bits per heavy atom. The quantitative estimate of drug-likeness (QED) is 0.581. The highest BCUT2D eigenvalue weighted by Gasteiger charge is 2.39. The summed E-state index contributed by atoms with van der Waals surface area (Å²) in [5.41, 5.74) is 6.15. The number of rotatable bonds is 5. The number of imide groups is 1. The van der Waals surface area contributed by atoms with Crippen molar-refractivity contribution in [2.24, 2.45) is 0 Å². The molecule has 0 bridgehead atoms. The fourth-order valence-corrected chi connectivity index (χ4v) is 4.07. The molecule has 0 saturated carbocycles. The highest BCUT2D eigenvalue weighted by Crippen LogP contribution is 2.36. The molecule has 0 aliphatic carbocycles. The molecular weight excluding hydrogens is 416 g/mol. The van der Waals surface area contributed by atoms with Crippen LogP contribution >= 0.6 is 0 Å². The molecule has 6 nitrogen and oxygen atoms in total. The summed E-state index contributed by atoms with van der Waals surface area (Å²) >= 11 is 0. The van der Waals surface area contributed by atoms with Crippen LogP contribution in [0.25, 0.3) is 5.57 Å². The molecule has 2 heterocycles. The number of benzene rings is 3. The van der Waals surface area contributed by atoms with Gasteiger partial charge in [0.1, 0.15) is 5.70 Å². The third-order valence-corrected chi connectivity index (χ3v) is 6.15. The lowest BCUT2D eigenvalue weighted by Gasteiger charge is -2.16. The average Bonchev–Trinajstić information content (AvgIpc) is 3.35. The zero-order valence-electron chi connectivity index (χ0n) is 18.8. The summed E-state index contributed by atoms with van der Waals surface area (Å²) in [7, 11) is 0. The third-order valence-electron chi connectivity index (χ3n) is 6.15. The zero-order chi connectivity index (χ0) is 23.1. The summed E-state index contributed by atoms with van der Waals surface area (Å²) in [6, 6.07) is 19.0. The molecule has 0 aromatic heterocycles. The number of aryl methyl sites for hydroxylation is 3. The molecule has 0 radical (unpaired) electrons. The first kappa shape index (κ1) is 20.8. The lowest BCUT2D eigenvalue weighted by atomic mass is 9.99. The van der Waals surface area contributed by atoms with E-state index in [-0.39, 0.29) is 25.2 Å². The van der Waals surface area contributed by atoms with E-state index in [0.717, 1.165) is 33.5 Å². The minimum Gasteiger partial charge on any atom is -0.454 e. The van der Waals surface area contributed by atoms with E-state index in [9.17, 15) is 9.59 Å². The fraction of sp³-hybridized carbons (Fsp3) is 0.185. The number of ether oxygens (including phenoxy) is 2. The number of hydrogen-bond acceptors (Lipinski definition) is 5. The Hall–Kier alpha value is -4.06. The summed E-state index contributed by atoms with van der Waals surface area (Å²) in [5.74, 6) is 0.604. The monoisotopic (exact) mass is 440 g/mol. The Kier molecular flexibility index (Phi) is 5.13. The van der Waals surface area contributed by atoms with Crippen LogP contribution in [-0.4, -0.2) is 23.5 Å². The molecule has 2 aliphatic rings. The van der Waals surface area contributed by atoms with Gasteiger partial charge >= 0.3 is 0 Å². The van der Waals surface area contributed by atoms with Crippen LogP contribution in [0.1, 0.15) is 27.8 Å². The summed E-state index contributed by atoms with van der Waals surface area (Å²) in [5, 5.41) is 3.25. The molecule has 0 unspecified atom stereocenters. The van der Waals surface area contributed by atoms with Gasteiger partial charge in [-0.2, -0.15) is 0 Å². The maximum atomic E-state index is 13.6. The van der Waals surface area contributed by atoms with E-state index >= 15 is 0 Å². The molecule has 6 heteroatoms. The molecule has 0 saturated heterocycles. The van der Waals surface area contributed by atoms with Crippen molar-refractivity contribution < 1.29 is 19.1 Å². The van der Waals surface area contributed by atoms with Gasteiger partial charge in [0.05, 0.1) is 12.1 Å². The second-order valence-corrected chi connectivity index (χ2v) is 8.37. The van der Waals surface area contributed by atoms with E-state index in [1.165, 1.54) is 4.90 Å². The van der Waals surface area contributed by atoms with E-state index in [0.29, 0.717) is 22.8 Å². The van der Waals surface area contributed by atoms with Gasteiger partial charge < -0.3 is 14.8 Å². The largest absolute Gasteiger partial charge is 0.454 e. The van der Waals surface area contributed by atoms with Crippen molar-refractivity contribution in [1.82, 2.24) is 4.90 Å². The summed E-state index contributed by atoms with van der Waals surface area (Å²) in [6.07, 6.45) is 0. The van der Waals surface area contributed by atoms with E-state index in [4.69, 9.17) is 9.47 Å². The molecule has 2 amide bonds. The predicted octanol–water partition coefficient (Wildman–Crippen LogP) is 4.73. The first-order chi connectivity index (χ1) is 15.9. The van der Waals surface area contributed by atoms with Gasteiger partial charge in [-0.15, -0.1) is 0 Å². The summed E-state index contributed by atoms with van der Waals surface area (Å²) < 4.78 is 10.8. The molecule has 0 spiro atoms. The van der Waals surface area contributed by atoms with Crippen LogP contribution in [-0.2, 0) is 16.1 Å². The van der Waals surface area contributed by atoms with Gasteiger partial charge in [-0.1, -0.05) is 42.5 Å². The second kappa shape index (κ2) is 8.13. The number of hydrogen-bond donors (Lipinski definition) is 1. The van der Waals surface area contributed by atoms with E-state index < -0.39 is 0 Å². The summed E-state index contributed by atoms with van der Waals surface area (Å²) in [6.45, 7) is 6.29. The maximum Gasteiger partial charge on any atom is 0.278 e. The molecule has 0 atom stereocenters. The van der Waals surface area contributed by atoms with Crippen molar-refractivity contribution in [2.75, 3.05) is 12.1 Å². The zero-order valence-corrected chi connectivity index (χ0v) is 18.8. The number of para-hydroxylation sites is 1. The lowest BCUT2D eigenvalue weighted by Crippen LogP contribution is -2.32. The van der Waals surface area contributed by atoms with Crippen molar-refractivity contribution >= 4 is 23.1 Å². The molecule has 2 aliphatic heterocycles. The van der Waals surface area contributed by atoms with Gasteiger partial charge in [-0.3, -0.25) is 14.5 Å². The number of fused-ring (bicyclic) bond motifs is 1. The number of carbonyl (C=O) groups is 2. The van der Waals surface area contributed by atoms with Crippen LogP contribution in [0.5, 0.6) is 11.5 Å². The van der Waals surface area contributed by atoms with Gasteiger partial charge in [0.2, 0.25) is 6.79 Å². The highest BCUT2D eigenvalue weighted by molar-refractivity contribution is 6.36. The second-order valence-electron chi connectivity index (χ2n) is 8.37. The van der Waals surface area contributed by atoms with E-state index in [1.54, 1.807) is 6.07 Å². The average molecular weight is 440 g/mol. The van der Waals surface area contributed by atoms with Gasteiger partial charge in [-0.05, 0) is 66.8 Å². The van der Waals surface area contributed by atoms with Crippen molar-refractivity contribution in [1.29, 1.82) is 0 Å². The topological polar surface area (TPSA) is 67.9 Å². The SMILES string of the molecule is Cc1ccc(C2=C(Nc3ccccc3C)C(=O)N(Cc3ccc4c(c3)OCO4)C2=O)cc1C. The Labute approximate surface area is 192 Å². The minimum absolute atomic E-state index is 0.140. The van der Waals surface area contributed by atoms with Gasteiger partial charge in [0.25, 0.3) is 11.8 Å². The smallest absolute Gasteiger partial charge is 0.278 e. The Morgan fingerprint density at radius 2 is 1.61 bits per heavy atom. The third kappa shape index (κ3) is 3.74. The molecule has 3 aromatic rings. The van der Waals surface area contributed by atoms with Crippen LogP contribution in [0.4, 0.5) is 5.69 Å². The van der Waals surface area contributed by atoms with E-state index in [2.05, 4.69) is 5.32 Å². The van der Waals surface area contributed by atoms with Crippen molar-refractivity contribution in [3.8, 4) is 11.5 Å². The first-order valence-electron chi connectivity index (χ1n) is 10.8. The standard InChI is InChI=1S/C27H24N2O4/c1-16-8-10-20(12-18(16)3)24-25(28-21-7-5-4-6-17(21)2)27(31)29(26(24)30)14-19-9-11-22-23(13-19)33-15-32-22/h4-13,28H,14-15H2,1-3H3. The fourth-order valence-electron chi connectivity index (χ4n) is 4.07. The molecule has 3 aromatic carbocycles. The molecule has 166 valence electrons. The van der Waals surface area contributed by atoms with Crippen LogP contribution in [0.3, 0.4) is 0 Å². The van der Waals surface area contributed by atoms with Crippen molar-refractivity contribution in [3.63, 3.8) is 0 Å². The van der Waals surface area contributed by atoms with Gasteiger partial charge in [-0.25, -0.2) is 0 Å².